The number of rotatable bonds is 14. The highest BCUT2D eigenvalue weighted by Crippen LogP contribution is 2.07. The van der Waals surface area contributed by atoms with E-state index in [0.717, 1.165) is 0 Å². The quantitative estimate of drug-likeness (QED) is 0.146. The van der Waals surface area contributed by atoms with Gasteiger partial charge in [0.05, 0.1) is 12.5 Å². The molecule has 0 aromatic rings. The van der Waals surface area contributed by atoms with Crippen LogP contribution in [0.2, 0.25) is 0 Å². The fraction of sp³-hybridized carbons (Fsp3) is 0.667. The number of carboxylic acids is 1. The molecule has 13 nitrogen and oxygen atoms in total. The van der Waals surface area contributed by atoms with Gasteiger partial charge in [-0.2, -0.15) is 0 Å². The molecular formula is C18H32N6O7. The molecule has 4 atom stereocenters. The van der Waals surface area contributed by atoms with Crippen LogP contribution < -0.4 is 33.2 Å². The fourth-order valence-corrected chi connectivity index (χ4v) is 2.47. The third kappa shape index (κ3) is 11.5. The molecule has 0 aromatic carbocycles. The Labute approximate surface area is 179 Å². The number of aliphatic carboxylic acids is 1. The van der Waals surface area contributed by atoms with E-state index in [9.17, 15) is 28.8 Å². The first-order valence-corrected chi connectivity index (χ1v) is 9.70. The molecule has 0 aromatic heterocycles. The van der Waals surface area contributed by atoms with Crippen molar-refractivity contribution in [2.75, 3.05) is 0 Å². The van der Waals surface area contributed by atoms with Crippen molar-refractivity contribution in [3.8, 4) is 0 Å². The lowest BCUT2D eigenvalue weighted by Gasteiger charge is -2.25. The van der Waals surface area contributed by atoms with Crippen molar-refractivity contribution in [3.05, 3.63) is 0 Å². The Bertz CT molecular complexity index is 697. The number of nitrogens with one attached hydrogen (secondary N) is 3. The summed E-state index contributed by atoms with van der Waals surface area (Å²) in [6.45, 7) is 4.79. The molecule has 176 valence electrons. The molecule has 0 aliphatic heterocycles. The predicted molar refractivity (Wildman–Crippen MR) is 109 cm³/mol. The second-order valence-corrected chi connectivity index (χ2v) is 7.60. The number of hydrogen-bond donors (Lipinski definition) is 7. The van der Waals surface area contributed by atoms with Crippen molar-refractivity contribution in [2.45, 2.75) is 70.6 Å². The summed E-state index contributed by atoms with van der Waals surface area (Å²) in [6, 6.07) is -4.90. The van der Waals surface area contributed by atoms with Crippen molar-refractivity contribution < 1.29 is 33.9 Å². The van der Waals surface area contributed by atoms with Crippen molar-refractivity contribution in [1.82, 2.24) is 16.0 Å². The second kappa shape index (κ2) is 13.2. The van der Waals surface area contributed by atoms with E-state index in [2.05, 4.69) is 16.0 Å². The van der Waals surface area contributed by atoms with Gasteiger partial charge in [-0.3, -0.25) is 28.8 Å². The Kier molecular flexibility index (Phi) is 11.8. The van der Waals surface area contributed by atoms with Crippen LogP contribution >= 0.6 is 0 Å². The van der Waals surface area contributed by atoms with E-state index in [1.54, 1.807) is 13.8 Å². The maximum absolute atomic E-state index is 12.7. The molecule has 13 heteroatoms. The zero-order valence-electron chi connectivity index (χ0n) is 17.8. The summed E-state index contributed by atoms with van der Waals surface area (Å²) in [5.41, 5.74) is 15.9. The van der Waals surface area contributed by atoms with E-state index >= 15 is 0 Å². The van der Waals surface area contributed by atoms with Gasteiger partial charge in [0.15, 0.2) is 0 Å². The first kappa shape index (κ1) is 27.8. The minimum absolute atomic E-state index is 0.0169. The molecule has 0 bridgehead atoms. The van der Waals surface area contributed by atoms with Gasteiger partial charge in [0, 0.05) is 6.42 Å². The number of carbonyl (C=O) groups excluding carboxylic acids is 5. The van der Waals surface area contributed by atoms with Gasteiger partial charge in [-0.15, -0.1) is 0 Å². The van der Waals surface area contributed by atoms with Crippen LogP contribution in [0.1, 0.15) is 46.5 Å². The maximum atomic E-state index is 12.7. The normalized spacial score (nSPS) is 14.6. The van der Waals surface area contributed by atoms with E-state index in [-0.39, 0.29) is 25.2 Å². The number of amides is 5. The highest BCUT2D eigenvalue weighted by Gasteiger charge is 2.30. The molecule has 0 saturated carbocycles. The molecule has 31 heavy (non-hydrogen) atoms. The topological polar surface area (TPSA) is 237 Å². The smallest absolute Gasteiger partial charge is 0.325 e. The molecule has 0 rings (SSSR count). The van der Waals surface area contributed by atoms with Crippen LogP contribution in [-0.2, 0) is 28.8 Å². The van der Waals surface area contributed by atoms with Crippen LogP contribution in [0.5, 0.6) is 0 Å². The number of hydrogen-bond acceptors (Lipinski definition) is 7. The average Bonchev–Trinajstić information content (AvgIpc) is 2.63. The Morgan fingerprint density at radius 2 is 1.32 bits per heavy atom. The van der Waals surface area contributed by atoms with E-state index < -0.39 is 66.1 Å². The summed E-state index contributed by atoms with van der Waals surface area (Å²) >= 11 is 0. The zero-order chi connectivity index (χ0) is 24.3. The molecule has 0 saturated heterocycles. The molecule has 0 fully saturated rings. The molecular weight excluding hydrogens is 412 g/mol. The van der Waals surface area contributed by atoms with Gasteiger partial charge in [-0.25, -0.2) is 0 Å². The van der Waals surface area contributed by atoms with Crippen molar-refractivity contribution in [1.29, 1.82) is 0 Å². The third-order valence-corrected chi connectivity index (χ3v) is 4.15. The van der Waals surface area contributed by atoms with Gasteiger partial charge in [0.1, 0.15) is 18.1 Å². The minimum Gasteiger partial charge on any atom is -0.480 e. The van der Waals surface area contributed by atoms with E-state index in [1.165, 1.54) is 6.92 Å². The Morgan fingerprint density at radius 1 is 0.806 bits per heavy atom. The lowest BCUT2D eigenvalue weighted by Crippen LogP contribution is -2.57. The minimum atomic E-state index is -1.44. The summed E-state index contributed by atoms with van der Waals surface area (Å²) in [5, 5.41) is 15.8. The number of nitrogens with two attached hydrogens (primary N) is 3. The van der Waals surface area contributed by atoms with Crippen LogP contribution in [0.4, 0.5) is 0 Å². The van der Waals surface area contributed by atoms with Crippen LogP contribution in [-0.4, -0.2) is 64.8 Å². The van der Waals surface area contributed by atoms with Crippen molar-refractivity contribution >= 4 is 35.5 Å². The summed E-state index contributed by atoms with van der Waals surface area (Å²) in [6.07, 6.45) is -0.532. The summed E-state index contributed by atoms with van der Waals surface area (Å²) in [4.78, 5) is 70.4. The molecule has 0 aliphatic carbocycles. The monoisotopic (exact) mass is 444 g/mol. The van der Waals surface area contributed by atoms with Crippen LogP contribution in [0.25, 0.3) is 0 Å². The van der Waals surface area contributed by atoms with Crippen LogP contribution in [0.3, 0.4) is 0 Å². The van der Waals surface area contributed by atoms with E-state index in [4.69, 9.17) is 22.3 Å². The fourth-order valence-electron chi connectivity index (χ4n) is 2.47. The standard InChI is InChI=1S/C18H32N6O7/c1-8(2)6-11(23-15(27)10(19)4-5-13(20)25)17(29)24-12(7-14(21)26)16(28)22-9(3)18(30)31/h8-12H,4-7,19H2,1-3H3,(H2,20,25)(H2,21,26)(H,22,28)(H,23,27)(H,24,29)(H,30,31). The average molecular weight is 444 g/mol. The molecule has 0 aliphatic rings. The second-order valence-electron chi connectivity index (χ2n) is 7.60. The van der Waals surface area contributed by atoms with Gasteiger partial charge in [-0.05, 0) is 25.7 Å². The number of carboxylic acid groups (broad SMARTS) is 1. The maximum Gasteiger partial charge on any atom is 0.325 e. The van der Waals surface area contributed by atoms with Gasteiger partial charge in [0.2, 0.25) is 29.5 Å². The van der Waals surface area contributed by atoms with Crippen LogP contribution in [0.15, 0.2) is 0 Å². The van der Waals surface area contributed by atoms with Crippen molar-refractivity contribution in [3.63, 3.8) is 0 Å². The lowest BCUT2D eigenvalue weighted by molar-refractivity contribution is -0.142. The SMILES string of the molecule is CC(C)CC(NC(=O)C(N)CCC(N)=O)C(=O)NC(CC(N)=O)C(=O)NC(C)C(=O)O. The third-order valence-electron chi connectivity index (χ3n) is 4.15. The highest BCUT2D eigenvalue weighted by atomic mass is 16.4. The number of primary amides is 2. The van der Waals surface area contributed by atoms with Crippen molar-refractivity contribution in [2.24, 2.45) is 23.1 Å². The Hall–Kier alpha value is -3.22. The van der Waals surface area contributed by atoms with Gasteiger partial charge >= 0.3 is 5.97 Å². The molecule has 4 unspecified atom stereocenters. The van der Waals surface area contributed by atoms with Gasteiger partial charge in [-0.1, -0.05) is 13.8 Å². The lowest BCUT2D eigenvalue weighted by atomic mass is 10.0. The summed E-state index contributed by atoms with van der Waals surface area (Å²) < 4.78 is 0. The van der Waals surface area contributed by atoms with E-state index in [0.29, 0.717) is 0 Å². The predicted octanol–water partition coefficient (Wildman–Crippen LogP) is -2.94. The molecule has 5 amide bonds. The summed E-state index contributed by atoms with van der Waals surface area (Å²) in [5.74, 6) is -5.29. The number of carbonyl (C=O) groups is 6. The van der Waals surface area contributed by atoms with Crippen LogP contribution in [0, 0.1) is 5.92 Å². The largest absolute Gasteiger partial charge is 0.480 e. The molecule has 0 radical (unpaired) electrons. The first-order valence-electron chi connectivity index (χ1n) is 9.70. The Balaban J connectivity index is 5.34. The molecule has 0 heterocycles. The Morgan fingerprint density at radius 3 is 1.77 bits per heavy atom. The highest BCUT2D eigenvalue weighted by molar-refractivity contribution is 5.96. The molecule has 10 N–H and O–H groups in total. The first-order chi connectivity index (χ1) is 14.2. The van der Waals surface area contributed by atoms with E-state index in [1.807, 2.05) is 0 Å². The van der Waals surface area contributed by atoms with Gasteiger partial charge < -0.3 is 38.3 Å². The molecule has 0 spiro atoms. The zero-order valence-corrected chi connectivity index (χ0v) is 17.8. The van der Waals surface area contributed by atoms with Gasteiger partial charge in [0.25, 0.3) is 0 Å². The summed E-state index contributed by atoms with van der Waals surface area (Å²) in [7, 11) is 0.